The van der Waals surface area contributed by atoms with Gasteiger partial charge in [-0.2, -0.15) is 0 Å². The SMILES string of the molecule is CC(C)N(C(=O)CCc1ccc(O)cc1)C(C)C. The third-order valence-electron chi connectivity index (χ3n) is 2.96. The Morgan fingerprint density at radius 3 is 2.06 bits per heavy atom. The van der Waals surface area contributed by atoms with Crippen LogP contribution in [0.3, 0.4) is 0 Å². The molecule has 1 rings (SSSR count). The molecule has 0 radical (unpaired) electrons. The molecule has 0 unspecified atom stereocenters. The number of carbonyl (C=O) groups is 1. The van der Waals surface area contributed by atoms with Gasteiger partial charge in [-0.15, -0.1) is 0 Å². The zero-order chi connectivity index (χ0) is 13.7. The van der Waals surface area contributed by atoms with Gasteiger partial charge in [0.1, 0.15) is 5.75 Å². The molecule has 0 saturated heterocycles. The molecule has 0 bridgehead atoms. The quantitative estimate of drug-likeness (QED) is 0.871. The first-order valence-electron chi connectivity index (χ1n) is 6.51. The average Bonchev–Trinajstić information content (AvgIpc) is 2.27. The van der Waals surface area contributed by atoms with Gasteiger partial charge in [-0.1, -0.05) is 12.1 Å². The Morgan fingerprint density at radius 2 is 1.61 bits per heavy atom. The van der Waals surface area contributed by atoms with Crippen LogP contribution in [0.15, 0.2) is 24.3 Å². The number of hydrogen-bond donors (Lipinski definition) is 1. The fraction of sp³-hybridized carbons (Fsp3) is 0.533. The van der Waals surface area contributed by atoms with E-state index in [1.165, 1.54) is 0 Å². The van der Waals surface area contributed by atoms with Crippen molar-refractivity contribution < 1.29 is 9.90 Å². The van der Waals surface area contributed by atoms with Gasteiger partial charge in [0.05, 0.1) is 0 Å². The minimum Gasteiger partial charge on any atom is -0.508 e. The molecule has 0 spiro atoms. The van der Waals surface area contributed by atoms with Crippen LogP contribution < -0.4 is 0 Å². The number of aryl methyl sites for hydroxylation is 1. The standard InChI is InChI=1S/C15H23NO2/c1-11(2)16(12(3)4)15(18)10-7-13-5-8-14(17)9-6-13/h5-6,8-9,11-12,17H,7,10H2,1-4H3. The fourth-order valence-electron chi connectivity index (χ4n) is 2.22. The Bertz CT molecular complexity index is 374. The normalized spacial score (nSPS) is 11.0. The molecule has 0 fully saturated rings. The van der Waals surface area contributed by atoms with Crippen LogP contribution in [0, 0.1) is 0 Å². The van der Waals surface area contributed by atoms with Crippen LogP contribution in [-0.2, 0) is 11.2 Å². The van der Waals surface area contributed by atoms with Gasteiger partial charge in [0.25, 0.3) is 0 Å². The highest BCUT2D eigenvalue weighted by atomic mass is 16.3. The lowest BCUT2D eigenvalue weighted by molar-refractivity contribution is -0.134. The molecule has 0 heterocycles. The molecule has 3 nitrogen and oxygen atoms in total. The van der Waals surface area contributed by atoms with Gasteiger partial charge in [-0.3, -0.25) is 4.79 Å². The van der Waals surface area contributed by atoms with Crippen LogP contribution in [0.2, 0.25) is 0 Å². The maximum atomic E-state index is 12.1. The minimum atomic E-state index is 0.188. The predicted molar refractivity (Wildman–Crippen MR) is 73.5 cm³/mol. The van der Waals surface area contributed by atoms with Crippen molar-refractivity contribution in [2.24, 2.45) is 0 Å². The van der Waals surface area contributed by atoms with E-state index < -0.39 is 0 Å². The molecule has 0 aliphatic carbocycles. The summed E-state index contributed by atoms with van der Waals surface area (Å²) in [6.07, 6.45) is 1.23. The van der Waals surface area contributed by atoms with E-state index >= 15 is 0 Å². The van der Waals surface area contributed by atoms with E-state index in [-0.39, 0.29) is 23.7 Å². The summed E-state index contributed by atoms with van der Waals surface area (Å²) < 4.78 is 0. The van der Waals surface area contributed by atoms with Gasteiger partial charge in [0.2, 0.25) is 5.91 Å². The maximum absolute atomic E-state index is 12.1. The number of benzene rings is 1. The van der Waals surface area contributed by atoms with E-state index in [0.717, 1.165) is 12.0 Å². The molecule has 0 saturated carbocycles. The van der Waals surface area contributed by atoms with Gasteiger partial charge in [0.15, 0.2) is 0 Å². The number of phenols is 1. The van der Waals surface area contributed by atoms with Crippen molar-refractivity contribution in [3.63, 3.8) is 0 Å². The van der Waals surface area contributed by atoms with E-state index in [0.29, 0.717) is 6.42 Å². The number of amides is 1. The number of phenolic OH excluding ortho intramolecular Hbond substituents is 1. The Hall–Kier alpha value is -1.51. The van der Waals surface area contributed by atoms with Crippen LogP contribution in [0.1, 0.15) is 39.7 Å². The van der Waals surface area contributed by atoms with Crippen molar-refractivity contribution in [1.82, 2.24) is 4.90 Å². The third kappa shape index (κ3) is 4.06. The molecule has 1 N–H and O–H groups in total. The molecule has 0 aliphatic rings. The lowest BCUT2D eigenvalue weighted by atomic mass is 10.1. The second kappa shape index (κ2) is 6.43. The second-order valence-corrected chi connectivity index (χ2v) is 5.15. The smallest absolute Gasteiger partial charge is 0.223 e. The summed E-state index contributed by atoms with van der Waals surface area (Å²) in [4.78, 5) is 14.1. The molecule has 1 aromatic carbocycles. The van der Waals surface area contributed by atoms with Crippen molar-refractivity contribution in [3.05, 3.63) is 29.8 Å². The van der Waals surface area contributed by atoms with Crippen molar-refractivity contribution in [3.8, 4) is 5.75 Å². The summed E-state index contributed by atoms with van der Waals surface area (Å²) in [5, 5.41) is 9.19. The maximum Gasteiger partial charge on any atom is 0.223 e. The average molecular weight is 249 g/mol. The van der Waals surface area contributed by atoms with Crippen LogP contribution in [0.5, 0.6) is 5.75 Å². The van der Waals surface area contributed by atoms with Crippen molar-refractivity contribution in [1.29, 1.82) is 0 Å². The van der Waals surface area contributed by atoms with Crippen molar-refractivity contribution >= 4 is 5.91 Å². The minimum absolute atomic E-state index is 0.188. The number of nitrogens with zero attached hydrogens (tertiary/aromatic N) is 1. The first-order chi connectivity index (χ1) is 8.41. The molecular weight excluding hydrogens is 226 g/mol. The number of aromatic hydroxyl groups is 1. The molecule has 0 aliphatic heterocycles. The summed E-state index contributed by atoms with van der Waals surface area (Å²) in [6, 6.07) is 7.50. The van der Waals surface area contributed by atoms with Gasteiger partial charge in [0, 0.05) is 18.5 Å². The van der Waals surface area contributed by atoms with Crippen molar-refractivity contribution in [2.45, 2.75) is 52.6 Å². The number of hydrogen-bond acceptors (Lipinski definition) is 2. The molecular formula is C15H23NO2. The third-order valence-corrected chi connectivity index (χ3v) is 2.96. The van der Waals surface area contributed by atoms with E-state index in [1.807, 2.05) is 44.7 Å². The lowest BCUT2D eigenvalue weighted by Gasteiger charge is -2.30. The van der Waals surface area contributed by atoms with Gasteiger partial charge < -0.3 is 10.0 Å². The Balaban J connectivity index is 2.57. The molecule has 0 atom stereocenters. The fourth-order valence-corrected chi connectivity index (χ4v) is 2.22. The van der Waals surface area contributed by atoms with Crippen LogP contribution >= 0.6 is 0 Å². The number of rotatable bonds is 5. The van der Waals surface area contributed by atoms with Crippen LogP contribution in [0.4, 0.5) is 0 Å². The lowest BCUT2D eigenvalue weighted by Crippen LogP contribution is -2.42. The topological polar surface area (TPSA) is 40.5 Å². The Morgan fingerprint density at radius 1 is 1.11 bits per heavy atom. The summed E-state index contributed by atoms with van der Waals surface area (Å²) in [5.41, 5.74) is 1.08. The molecule has 1 aromatic rings. The molecule has 18 heavy (non-hydrogen) atoms. The van der Waals surface area contributed by atoms with Crippen LogP contribution in [-0.4, -0.2) is 28.0 Å². The summed E-state index contributed by atoms with van der Waals surface area (Å²) >= 11 is 0. The predicted octanol–water partition coefficient (Wildman–Crippen LogP) is 2.97. The van der Waals surface area contributed by atoms with Gasteiger partial charge in [-0.25, -0.2) is 0 Å². The molecule has 100 valence electrons. The molecule has 1 amide bonds. The highest BCUT2D eigenvalue weighted by Crippen LogP contribution is 2.13. The molecule has 0 aromatic heterocycles. The van der Waals surface area contributed by atoms with E-state index in [9.17, 15) is 9.90 Å². The van der Waals surface area contributed by atoms with E-state index in [4.69, 9.17) is 0 Å². The summed E-state index contributed by atoms with van der Waals surface area (Å²) in [6.45, 7) is 8.16. The zero-order valence-electron chi connectivity index (χ0n) is 11.7. The zero-order valence-corrected chi connectivity index (χ0v) is 11.7. The van der Waals surface area contributed by atoms with E-state index in [1.54, 1.807) is 12.1 Å². The van der Waals surface area contributed by atoms with E-state index in [2.05, 4.69) is 0 Å². The first kappa shape index (κ1) is 14.6. The van der Waals surface area contributed by atoms with Gasteiger partial charge in [-0.05, 0) is 51.8 Å². The highest BCUT2D eigenvalue weighted by Gasteiger charge is 2.19. The summed E-state index contributed by atoms with van der Waals surface area (Å²) in [7, 11) is 0. The highest BCUT2D eigenvalue weighted by molar-refractivity contribution is 5.77. The van der Waals surface area contributed by atoms with Crippen LogP contribution in [0.25, 0.3) is 0 Å². The Labute approximate surface area is 109 Å². The molecule has 3 heteroatoms. The largest absolute Gasteiger partial charge is 0.508 e. The summed E-state index contributed by atoms with van der Waals surface area (Å²) in [5.74, 6) is 0.448. The first-order valence-corrected chi connectivity index (χ1v) is 6.51. The second-order valence-electron chi connectivity index (χ2n) is 5.15. The number of carbonyl (C=O) groups excluding carboxylic acids is 1. The van der Waals surface area contributed by atoms with Crippen molar-refractivity contribution in [2.75, 3.05) is 0 Å². The Kier molecular flexibility index (Phi) is 5.20. The monoisotopic (exact) mass is 249 g/mol. The van der Waals surface area contributed by atoms with Gasteiger partial charge >= 0.3 is 0 Å².